The number of nitrogens with one attached hydrogen (secondary N) is 2. The van der Waals surface area contributed by atoms with Gasteiger partial charge < -0.3 is 15.7 Å². The average Bonchev–Trinajstić information content (AvgIpc) is 2.28. The van der Waals surface area contributed by atoms with E-state index in [1.165, 1.54) is 11.8 Å². The Hall–Kier alpha value is -1.24. The molecular formula is C11H20N2O4S. The molecule has 6 nitrogen and oxygen atoms in total. The zero-order valence-electron chi connectivity index (χ0n) is 10.5. The molecule has 18 heavy (non-hydrogen) atoms. The van der Waals surface area contributed by atoms with Gasteiger partial charge in [0.2, 0.25) is 11.8 Å². The maximum absolute atomic E-state index is 11.3. The van der Waals surface area contributed by atoms with E-state index in [2.05, 4.69) is 10.6 Å². The van der Waals surface area contributed by atoms with E-state index in [-0.39, 0.29) is 17.6 Å². The first-order valence-electron chi connectivity index (χ1n) is 5.89. The van der Waals surface area contributed by atoms with Crippen LogP contribution in [-0.4, -0.2) is 47.5 Å². The number of carboxylic acid groups (broad SMARTS) is 1. The molecule has 0 aliphatic carbocycles. The third-order valence-electron chi connectivity index (χ3n) is 1.98. The molecule has 0 aromatic rings. The summed E-state index contributed by atoms with van der Waals surface area (Å²) < 4.78 is 0. The van der Waals surface area contributed by atoms with Crippen LogP contribution < -0.4 is 10.6 Å². The van der Waals surface area contributed by atoms with Crippen molar-refractivity contribution < 1.29 is 19.5 Å². The van der Waals surface area contributed by atoms with Gasteiger partial charge in [-0.05, 0) is 13.3 Å². The Morgan fingerprint density at radius 3 is 2.28 bits per heavy atom. The molecule has 3 N–H and O–H groups in total. The van der Waals surface area contributed by atoms with Crippen molar-refractivity contribution in [2.45, 2.75) is 26.2 Å². The minimum atomic E-state index is -0.853. The van der Waals surface area contributed by atoms with E-state index in [1.54, 1.807) is 0 Å². The van der Waals surface area contributed by atoms with Crippen LogP contribution in [0.2, 0.25) is 0 Å². The van der Waals surface area contributed by atoms with E-state index in [9.17, 15) is 14.4 Å². The summed E-state index contributed by atoms with van der Waals surface area (Å²) >= 11 is 1.26. The van der Waals surface area contributed by atoms with Gasteiger partial charge in [-0.25, -0.2) is 0 Å². The molecule has 0 saturated heterocycles. The lowest BCUT2D eigenvalue weighted by Gasteiger charge is -2.04. The van der Waals surface area contributed by atoms with Crippen LogP contribution in [0.1, 0.15) is 26.2 Å². The highest BCUT2D eigenvalue weighted by molar-refractivity contribution is 7.99. The molecule has 0 rings (SSSR count). The van der Waals surface area contributed by atoms with Gasteiger partial charge in [0.1, 0.15) is 0 Å². The molecule has 0 heterocycles. The Labute approximate surface area is 111 Å². The molecule has 0 aromatic carbocycles. The zero-order valence-corrected chi connectivity index (χ0v) is 11.3. The lowest BCUT2D eigenvalue weighted by atomic mass is 10.2. The predicted molar refractivity (Wildman–Crippen MR) is 70.5 cm³/mol. The molecular weight excluding hydrogens is 256 g/mol. The molecule has 0 saturated carbocycles. The van der Waals surface area contributed by atoms with Crippen LogP contribution in [0.4, 0.5) is 0 Å². The quantitative estimate of drug-likeness (QED) is 0.496. The molecule has 0 radical (unpaired) electrons. The summed E-state index contributed by atoms with van der Waals surface area (Å²) in [5.74, 6) is -0.368. The molecule has 104 valence electrons. The monoisotopic (exact) mass is 276 g/mol. The highest BCUT2D eigenvalue weighted by Crippen LogP contribution is 1.98. The number of carbonyl (C=O) groups is 3. The molecule has 0 unspecified atom stereocenters. The molecule has 0 aliphatic rings. The van der Waals surface area contributed by atoms with Crippen LogP contribution >= 0.6 is 11.8 Å². The second-order valence-electron chi connectivity index (χ2n) is 3.60. The largest absolute Gasteiger partial charge is 0.481 e. The Balaban J connectivity index is 3.37. The van der Waals surface area contributed by atoms with Gasteiger partial charge >= 0.3 is 5.97 Å². The second kappa shape index (κ2) is 10.9. The summed E-state index contributed by atoms with van der Waals surface area (Å²) in [7, 11) is 0. The average molecular weight is 276 g/mol. The predicted octanol–water partition coefficient (Wildman–Crippen LogP) is 0.227. The van der Waals surface area contributed by atoms with Crippen molar-refractivity contribution in [2.24, 2.45) is 0 Å². The fraction of sp³-hybridized carbons (Fsp3) is 0.727. The van der Waals surface area contributed by atoms with Gasteiger partial charge in [-0.1, -0.05) is 0 Å². The van der Waals surface area contributed by atoms with E-state index in [4.69, 9.17) is 5.11 Å². The summed E-state index contributed by atoms with van der Waals surface area (Å²) in [6, 6.07) is 0. The number of aliphatic carboxylic acids is 1. The van der Waals surface area contributed by atoms with Crippen molar-refractivity contribution in [1.82, 2.24) is 10.6 Å². The summed E-state index contributed by atoms with van der Waals surface area (Å²) in [6.45, 7) is 2.91. The number of hydrogen-bond acceptors (Lipinski definition) is 4. The standard InChI is InChI=1S/C11H20N2O4S/c1-2-12-9(14)4-3-5-10(15)13-6-7-18-8-11(16)17/h2-8H2,1H3,(H,12,14)(H,13,15)(H,16,17). The first-order valence-corrected chi connectivity index (χ1v) is 7.04. The number of amides is 2. The van der Waals surface area contributed by atoms with Crippen LogP contribution in [-0.2, 0) is 14.4 Å². The molecule has 7 heteroatoms. The lowest BCUT2D eigenvalue weighted by Crippen LogP contribution is -2.27. The van der Waals surface area contributed by atoms with Gasteiger partial charge in [-0.2, -0.15) is 0 Å². The first-order chi connectivity index (χ1) is 8.56. The van der Waals surface area contributed by atoms with E-state index < -0.39 is 5.97 Å². The van der Waals surface area contributed by atoms with Crippen molar-refractivity contribution in [1.29, 1.82) is 0 Å². The van der Waals surface area contributed by atoms with Crippen molar-refractivity contribution in [3.63, 3.8) is 0 Å². The molecule has 0 aliphatic heterocycles. The third-order valence-corrected chi connectivity index (χ3v) is 2.92. The first kappa shape index (κ1) is 16.8. The van der Waals surface area contributed by atoms with Crippen molar-refractivity contribution in [3.8, 4) is 0 Å². The van der Waals surface area contributed by atoms with Crippen LogP contribution in [0, 0.1) is 0 Å². The highest BCUT2D eigenvalue weighted by Gasteiger charge is 2.04. The van der Waals surface area contributed by atoms with E-state index in [0.717, 1.165) is 0 Å². The smallest absolute Gasteiger partial charge is 0.313 e. The van der Waals surface area contributed by atoms with Gasteiger partial charge in [0.15, 0.2) is 0 Å². The topological polar surface area (TPSA) is 95.5 Å². The SMILES string of the molecule is CCNC(=O)CCCC(=O)NCCSCC(=O)O. The van der Waals surface area contributed by atoms with E-state index >= 15 is 0 Å². The number of thioether (sulfide) groups is 1. The Kier molecular flexibility index (Phi) is 10.1. The number of carboxylic acids is 1. The molecule has 0 bridgehead atoms. The minimum Gasteiger partial charge on any atom is -0.481 e. The minimum absolute atomic E-state index is 0.0395. The second-order valence-corrected chi connectivity index (χ2v) is 4.71. The normalized spacial score (nSPS) is 9.83. The van der Waals surface area contributed by atoms with Gasteiger partial charge in [-0.3, -0.25) is 14.4 Å². The summed E-state index contributed by atoms with van der Waals surface area (Å²) in [6.07, 6.45) is 1.20. The van der Waals surface area contributed by atoms with Gasteiger partial charge in [0.25, 0.3) is 0 Å². The molecule has 2 amide bonds. The number of carbonyl (C=O) groups excluding carboxylic acids is 2. The zero-order chi connectivity index (χ0) is 13.8. The summed E-state index contributed by atoms with van der Waals surface area (Å²) in [4.78, 5) is 32.6. The summed E-state index contributed by atoms with van der Waals surface area (Å²) in [5, 5.41) is 13.7. The van der Waals surface area contributed by atoms with Crippen LogP contribution in [0.25, 0.3) is 0 Å². The Morgan fingerprint density at radius 2 is 1.72 bits per heavy atom. The molecule has 0 fully saturated rings. The lowest BCUT2D eigenvalue weighted by molar-refractivity contribution is -0.134. The van der Waals surface area contributed by atoms with E-state index in [1.807, 2.05) is 6.92 Å². The maximum Gasteiger partial charge on any atom is 0.313 e. The van der Waals surface area contributed by atoms with Gasteiger partial charge in [-0.15, -0.1) is 11.8 Å². The van der Waals surface area contributed by atoms with Crippen molar-refractivity contribution in [2.75, 3.05) is 24.6 Å². The highest BCUT2D eigenvalue weighted by atomic mass is 32.2. The molecule has 0 atom stereocenters. The number of hydrogen-bond donors (Lipinski definition) is 3. The fourth-order valence-electron chi connectivity index (χ4n) is 1.21. The number of rotatable bonds is 10. The van der Waals surface area contributed by atoms with E-state index in [0.29, 0.717) is 38.1 Å². The molecule has 0 aromatic heterocycles. The molecule has 0 spiro atoms. The van der Waals surface area contributed by atoms with Gasteiger partial charge in [0.05, 0.1) is 5.75 Å². The van der Waals surface area contributed by atoms with Gasteiger partial charge in [0, 0.05) is 31.7 Å². The van der Waals surface area contributed by atoms with Crippen molar-refractivity contribution >= 4 is 29.5 Å². The Morgan fingerprint density at radius 1 is 1.11 bits per heavy atom. The van der Waals surface area contributed by atoms with Crippen LogP contribution in [0.3, 0.4) is 0 Å². The van der Waals surface area contributed by atoms with Crippen LogP contribution in [0.5, 0.6) is 0 Å². The third kappa shape index (κ3) is 11.3. The maximum atomic E-state index is 11.3. The summed E-state index contributed by atoms with van der Waals surface area (Å²) in [5.41, 5.74) is 0. The van der Waals surface area contributed by atoms with Crippen LogP contribution in [0.15, 0.2) is 0 Å². The Bertz CT molecular complexity index is 284. The fourth-order valence-corrected chi connectivity index (χ4v) is 1.77. The van der Waals surface area contributed by atoms with Crippen molar-refractivity contribution in [3.05, 3.63) is 0 Å².